The lowest BCUT2D eigenvalue weighted by Gasteiger charge is -2.29. The summed E-state index contributed by atoms with van der Waals surface area (Å²) >= 11 is 0. The van der Waals surface area contributed by atoms with E-state index < -0.39 is 11.6 Å². The van der Waals surface area contributed by atoms with Crippen molar-refractivity contribution in [3.05, 3.63) is 82.9 Å². The van der Waals surface area contributed by atoms with E-state index in [0.29, 0.717) is 36.5 Å². The second kappa shape index (κ2) is 10.0. The molecule has 1 saturated heterocycles. The normalized spacial score (nSPS) is 18.5. The molecule has 1 heterocycles. The van der Waals surface area contributed by atoms with E-state index in [1.54, 1.807) is 19.2 Å². The average molecular weight is 422 g/mol. The minimum absolute atomic E-state index is 0.168. The third-order valence-electron chi connectivity index (χ3n) is 5.29. The molecule has 1 aliphatic heterocycles. The fourth-order valence-corrected chi connectivity index (χ4v) is 3.59. The summed E-state index contributed by atoms with van der Waals surface area (Å²) in [7, 11) is 1.69. The largest absolute Gasteiger partial charge is 0.384 e. The van der Waals surface area contributed by atoms with Gasteiger partial charge in [-0.3, -0.25) is 0 Å². The molecule has 0 bridgehead atoms. The summed E-state index contributed by atoms with van der Waals surface area (Å²) in [6.45, 7) is 2.00. The molecule has 0 aliphatic carbocycles. The predicted octanol–water partition coefficient (Wildman–Crippen LogP) is 5.09. The highest BCUT2D eigenvalue weighted by Crippen LogP contribution is 2.20. The van der Waals surface area contributed by atoms with Gasteiger partial charge in [0.25, 0.3) is 0 Å². The lowest BCUT2D eigenvalue weighted by molar-refractivity contribution is -0.208. The van der Waals surface area contributed by atoms with Gasteiger partial charge in [0.2, 0.25) is 0 Å². The van der Waals surface area contributed by atoms with Crippen molar-refractivity contribution < 1.29 is 23.0 Å². The van der Waals surface area contributed by atoms with E-state index in [4.69, 9.17) is 14.2 Å². The first-order chi connectivity index (χ1) is 15.1. The zero-order valence-corrected chi connectivity index (χ0v) is 17.4. The summed E-state index contributed by atoms with van der Waals surface area (Å²) in [6.07, 6.45) is 1.50. The van der Waals surface area contributed by atoms with Gasteiger partial charge in [0.05, 0.1) is 19.8 Å². The lowest BCUT2D eigenvalue weighted by atomic mass is 10.1. The molecule has 0 radical (unpaired) electrons. The van der Waals surface area contributed by atoms with E-state index in [1.807, 2.05) is 18.2 Å². The zero-order chi connectivity index (χ0) is 21.6. The third kappa shape index (κ3) is 5.68. The maximum absolute atomic E-state index is 13.5. The van der Waals surface area contributed by atoms with Gasteiger partial charge in [-0.05, 0) is 59.2 Å². The van der Waals surface area contributed by atoms with E-state index in [0.717, 1.165) is 24.0 Å². The van der Waals surface area contributed by atoms with Crippen LogP contribution in [0.4, 0.5) is 8.78 Å². The molecule has 31 heavy (non-hydrogen) atoms. The second-order valence-corrected chi connectivity index (χ2v) is 7.73. The molecule has 0 atom stereocenters. The molecule has 3 nitrogen and oxygen atoms in total. The summed E-state index contributed by atoms with van der Waals surface area (Å²) < 4.78 is 43.4. The van der Waals surface area contributed by atoms with E-state index >= 15 is 0 Å². The van der Waals surface area contributed by atoms with Crippen LogP contribution in [0.25, 0.3) is 10.8 Å². The molecular weight excluding hydrogens is 398 g/mol. The smallest absolute Gasteiger partial charge is 0.159 e. The first-order valence-corrected chi connectivity index (χ1v) is 10.3. The van der Waals surface area contributed by atoms with Crippen LogP contribution in [0.2, 0.25) is 0 Å². The van der Waals surface area contributed by atoms with Crippen molar-refractivity contribution in [3.63, 3.8) is 0 Å². The van der Waals surface area contributed by atoms with Crippen molar-refractivity contribution in [2.45, 2.75) is 19.1 Å². The van der Waals surface area contributed by atoms with Crippen molar-refractivity contribution in [3.8, 4) is 11.8 Å². The highest BCUT2D eigenvalue weighted by atomic mass is 19.2. The topological polar surface area (TPSA) is 27.7 Å². The standard InChI is InChI=1S/C26H24F2O3/c1-29-15-21-16-30-26(31-17-21)11-9-19-4-2-18(3-5-19)6-7-20-8-10-22-13-24(27)25(28)14-23(22)12-20/h2-5,8,10,12-14,21,26H,9,11,15-17H2,1H3. The fraction of sp³-hybridized carbons (Fsp3) is 0.308. The predicted molar refractivity (Wildman–Crippen MR) is 116 cm³/mol. The summed E-state index contributed by atoms with van der Waals surface area (Å²) in [4.78, 5) is 0. The zero-order valence-electron chi connectivity index (χ0n) is 17.4. The maximum atomic E-state index is 13.5. The van der Waals surface area contributed by atoms with Crippen LogP contribution in [0.5, 0.6) is 0 Å². The van der Waals surface area contributed by atoms with Crippen molar-refractivity contribution in [1.82, 2.24) is 0 Å². The second-order valence-electron chi connectivity index (χ2n) is 7.73. The molecule has 0 unspecified atom stereocenters. The van der Waals surface area contributed by atoms with Crippen LogP contribution in [0.1, 0.15) is 23.1 Å². The van der Waals surface area contributed by atoms with Crippen molar-refractivity contribution in [2.75, 3.05) is 26.9 Å². The first-order valence-electron chi connectivity index (χ1n) is 10.3. The molecule has 0 saturated carbocycles. The summed E-state index contributed by atoms with van der Waals surface area (Å²) in [5.41, 5.74) is 2.84. The van der Waals surface area contributed by atoms with Gasteiger partial charge in [-0.2, -0.15) is 0 Å². The summed E-state index contributed by atoms with van der Waals surface area (Å²) in [5, 5.41) is 1.27. The highest BCUT2D eigenvalue weighted by Gasteiger charge is 2.21. The first kappa shape index (κ1) is 21.5. The molecular formula is C26H24F2O3. The van der Waals surface area contributed by atoms with Gasteiger partial charge in [0.1, 0.15) is 0 Å². The Labute approximate surface area is 180 Å². The van der Waals surface area contributed by atoms with Crippen LogP contribution >= 0.6 is 0 Å². The molecule has 1 aliphatic rings. The van der Waals surface area contributed by atoms with Crippen LogP contribution in [-0.4, -0.2) is 33.2 Å². The van der Waals surface area contributed by atoms with Gasteiger partial charge in [-0.25, -0.2) is 8.78 Å². The van der Waals surface area contributed by atoms with Crippen molar-refractivity contribution in [2.24, 2.45) is 5.92 Å². The number of aryl methyl sites for hydroxylation is 1. The molecule has 4 rings (SSSR count). The number of halogens is 2. The summed E-state index contributed by atoms with van der Waals surface area (Å²) in [6, 6.07) is 15.8. The Hall–Kier alpha value is -2.78. The number of rotatable bonds is 5. The van der Waals surface area contributed by atoms with Gasteiger partial charge >= 0.3 is 0 Å². The SMILES string of the molecule is COCC1COC(CCc2ccc(C#Cc3ccc4cc(F)c(F)cc4c3)cc2)OC1. The Morgan fingerprint density at radius 3 is 2.23 bits per heavy atom. The quantitative estimate of drug-likeness (QED) is 0.537. The Morgan fingerprint density at radius 1 is 0.871 bits per heavy atom. The van der Waals surface area contributed by atoms with E-state index in [2.05, 4.69) is 24.0 Å². The van der Waals surface area contributed by atoms with Gasteiger partial charge < -0.3 is 14.2 Å². The molecule has 0 N–H and O–H groups in total. The van der Waals surface area contributed by atoms with E-state index in [-0.39, 0.29) is 6.29 Å². The number of hydrogen-bond acceptors (Lipinski definition) is 3. The Morgan fingerprint density at radius 2 is 1.52 bits per heavy atom. The number of benzene rings is 3. The van der Waals surface area contributed by atoms with Gasteiger partial charge in [0.15, 0.2) is 17.9 Å². The minimum atomic E-state index is -0.855. The monoisotopic (exact) mass is 422 g/mol. The minimum Gasteiger partial charge on any atom is -0.384 e. The van der Waals surface area contributed by atoms with E-state index in [9.17, 15) is 8.78 Å². The average Bonchev–Trinajstić information content (AvgIpc) is 2.79. The third-order valence-corrected chi connectivity index (χ3v) is 5.29. The van der Waals surface area contributed by atoms with E-state index in [1.165, 1.54) is 17.7 Å². The maximum Gasteiger partial charge on any atom is 0.159 e. The molecule has 160 valence electrons. The number of ether oxygens (including phenoxy) is 3. The molecule has 0 spiro atoms. The van der Waals surface area contributed by atoms with Crippen LogP contribution in [0.3, 0.4) is 0 Å². The Balaban J connectivity index is 1.34. The number of hydrogen-bond donors (Lipinski definition) is 0. The molecule has 0 amide bonds. The van der Waals surface area contributed by atoms with Gasteiger partial charge in [0, 0.05) is 30.6 Å². The van der Waals surface area contributed by atoms with Gasteiger partial charge in [-0.15, -0.1) is 0 Å². The van der Waals surface area contributed by atoms with Crippen LogP contribution in [0.15, 0.2) is 54.6 Å². The Kier molecular flexibility index (Phi) is 6.93. The molecule has 5 heteroatoms. The Bertz CT molecular complexity index is 1090. The van der Waals surface area contributed by atoms with Crippen molar-refractivity contribution >= 4 is 10.8 Å². The van der Waals surface area contributed by atoms with Crippen LogP contribution in [-0.2, 0) is 20.6 Å². The number of methoxy groups -OCH3 is 1. The lowest BCUT2D eigenvalue weighted by Crippen LogP contribution is -2.34. The molecule has 3 aromatic carbocycles. The molecule has 3 aromatic rings. The molecule has 1 fully saturated rings. The fourth-order valence-electron chi connectivity index (χ4n) is 3.59. The van der Waals surface area contributed by atoms with Crippen LogP contribution in [0, 0.1) is 29.4 Å². The van der Waals surface area contributed by atoms with Crippen molar-refractivity contribution in [1.29, 1.82) is 0 Å². The summed E-state index contributed by atoms with van der Waals surface area (Å²) in [5.74, 6) is 4.82. The van der Waals surface area contributed by atoms with Gasteiger partial charge in [-0.1, -0.05) is 30.0 Å². The number of fused-ring (bicyclic) bond motifs is 1. The molecule has 0 aromatic heterocycles. The highest BCUT2D eigenvalue weighted by molar-refractivity contribution is 5.84. The van der Waals surface area contributed by atoms with Crippen LogP contribution < -0.4 is 0 Å².